The van der Waals surface area contributed by atoms with Crippen LogP contribution in [0.4, 0.5) is 0 Å². The van der Waals surface area contributed by atoms with Gasteiger partial charge in [0.2, 0.25) is 0 Å². The molecule has 0 heterocycles. The van der Waals surface area contributed by atoms with Gasteiger partial charge < -0.3 is 5.11 Å². The number of carbonyl (C=O) groups excluding carboxylic acids is 2. The predicted octanol–water partition coefficient (Wildman–Crippen LogP) is 1.67. The number of carboxylic acids is 1. The van der Waals surface area contributed by atoms with Gasteiger partial charge in [-0.25, -0.2) is 15.7 Å². The van der Waals surface area contributed by atoms with E-state index >= 15 is 0 Å². The van der Waals surface area contributed by atoms with Gasteiger partial charge in [-0.3, -0.25) is 14.8 Å². The number of hydrogen-bond donors (Lipinski definition) is 4. The second-order valence-electron chi connectivity index (χ2n) is 5.06. The van der Waals surface area contributed by atoms with Gasteiger partial charge in [-0.05, 0) is 41.5 Å². The molecule has 0 unspecified atom stereocenters. The Hall–Kier alpha value is -3.78. The van der Waals surface area contributed by atoms with Gasteiger partial charge in [0.05, 0.1) is 11.8 Å². The summed E-state index contributed by atoms with van der Waals surface area (Å²) in [6.45, 7) is 0. The molecule has 0 bridgehead atoms. The minimum Gasteiger partial charge on any atom is -0.478 e. The molecule has 4 N–H and O–H groups in total. The molecule has 26 heavy (non-hydrogen) atoms. The van der Waals surface area contributed by atoms with Crippen LogP contribution in [0.3, 0.4) is 0 Å². The highest BCUT2D eigenvalue weighted by molar-refractivity contribution is 5.96. The van der Waals surface area contributed by atoms with Crippen LogP contribution < -0.4 is 10.9 Å². The molecule has 0 aromatic heterocycles. The number of nitrogens with one attached hydrogen (secondary N) is 2. The van der Waals surface area contributed by atoms with Crippen molar-refractivity contribution in [1.82, 2.24) is 10.9 Å². The molecule has 2 aromatic rings. The molecular formula is C18H15N3O5. The van der Waals surface area contributed by atoms with Crippen LogP contribution in [0.1, 0.15) is 31.8 Å². The molecule has 0 saturated carbocycles. The van der Waals surface area contributed by atoms with E-state index < -0.39 is 17.8 Å². The van der Waals surface area contributed by atoms with E-state index in [4.69, 9.17) is 10.3 Å². The maximum atomic E-state index is 12.0. The smallest absolute Gasteiger partial charge is 0.335 e. The Labute approximate surface area is 148 Å². The van der Waals surface area contributed by atoms with Gasteiger partial charge in [0.25, 0.3) is 11.8 Å². The van der Waals surface area contributed by atoms with E-state index in [1.807, 2.05) is 0 Å². The van der Waals surface area contributed by atoms with E-state index in [1.54, 1.807) is 36.4 Å². The first kappa shape index (κ1) is 18.6. The minimum atomic E-state index is -1.05. The Morgan fingerprint density at radius 1 is 0.962 bits per heavy atom. The fourth-order valence-corrected chi connectivity index (χ4v) is 1.94. The van der Waals surface area contributed by atoms with Gasteiger partial charge in [0.1, 0.15) is 0 Å². The van der Waals surface area contributed by atoms with Crippen LogP contribution in [0, 0.1) is 0 Å². The lowest BCUT2D eigenvalue weighted by molar-refractivity contribution is -0.124. The topological polar surface area (TPSA) is 128 Å². The fourth-order valence-electron chi connectivity index (χ4n) is 1.94. The summed E-state index contributed by atoms with van der Waals surface area (Å²) < 4.78 is 0. The molecule has 0 radical (unpaired) electrons. The Kier molecular flexibility index (Phi) is 6.35. The number of amides is 2. The highest BCUT2D eigenvalue weighted by Gasteiger charge is 2.04. The highest BCUT2D eigenvalue weighted by Crippen LogP contribution is 2.07. The number of benzene rings is 2. The molecule has 0 aliphatic rings. The summed E-state index contributed by atoms with van der Waals surface area (Å²) in [5, 5.41) is 21.1. The van der Waals surface area contributed by atoms with Crippen molar-refractivity contribution >= 4 is 30.1 Å². The van der Waals surface area contributed by atoms with Crippen molar-refractivity contribution in [3.63, 3.8) is 0 Å². The Bertz CT molecular complexity index is 873. The normalized spacial score (nSPS) is 10.8. The largest absolute Gasteiger partial charge is 0.478 e. The van der Waals surface area contributed by atoms with Crippen LogP contribution in [-0.2, 0) is 4.79 Å². The van der Waals surface area contributed by atoms with Crippen molar-refractivity contribution in [3.8, 4) is 0 Å². The SMILES string of the molecule is O=C(/C=C/c1ccc(C(=O)N/N=C/c2cccc(C(=O)O)c2)cc1)NO. The monoisotopic (exact) mass is 353 g/mol. The number of hydroxylamine groups is 1. The van der Waals surface area contributed by atoms with Crippen molar-refractivity contribution in [3.05, 3.63) is 76.9 Å². The maximum absolute atomic E-state index is 12.0. The minimum absolute atomic E-state index is 0.124. The van der Waals surface area contributed by atoms with Crippen LogP contribution >= 0.6 is 0 Å². The molecule has 0 saturated heterocycles. The third-order valence-electron chi connectivity index (χ3n) is 3.22. The van der Waals surface area contributed by atoms with Gasteiger partial charge in [0.15, 0.2) is 0 Å². The van der Waals surface area contributed by atoms with Gasteiger partial charge >= 0.3 is 5.97 Å². The quantitative estimate of drug-likeness (QED) is 0.272. The van der Waals surface area contributed by atoms with Crippen molar-refractivity contribution in [2.75, 3.05) is 0 Å². The van der Waals surface area contributed by atoms with E-state index in [9.17, 15) is 14.4 Å². The molecule has 2 amide bonds. The third-order valence-corrected chi connectivity index (χ3v) is 3.22. The number of hydrazone groups is 1. The number of carboxylic acid groups (broad SMARTS) is 1. The molecule has 0 spiro atoms. The molecule has 132 valence electrons. The first-order chi connectivity index (χ1) is 12.5. The van der Waals surface area contributed by atoms with Crippen LogP contribution in [0.2, 0.25) is 0 Å². The van der Waals surface area contributed by atoms with Gasteiger partial charge in [0, 0.05) is 11.6 Å². The summed E-state index contributed by atoms with van der Waals surface area (Å²) in [6.07, 6.45) is 3.96. The lowest BCUT2D eigenvalue weighted by Crippen LogP contribution is -2.17. The highest BCUT2D eigenvalue weighted by atomic mass is 16.5. The van der Waals surface area contributed by atoms with Crippen molar-refractivity contribution < 1.29 is 24.7 Å². The van der Waals surface area contributed by atoms with Crippen LogP contribution in [0.15, 0.2) is 59.7 Å². The summed E-state index contributed by atoms with van der Waals surface area (Å²) in [7, 11) is 0. The number of aromatic carboxylic acids is 1. The second kappa shape index (κ2) is 8.90. The number of carbonyl (C=O) groups is 3. The van der Waals surface area contributed by atoms with Gasteiger partial charge in [-0.2, -0.15) is 5.10 Å². The van der Waals surface area contributed by atoms with Crippen molar-refractivity contribution in [1.29, 1.82) is 0 Å². The van der Waals surface area contributed by atoms with Crippen molar-refractivity contribution in [2.45, 2.75) is 0 Å². The molecular weight excluding hydrogens is 338 g/mol. The van der Waals surface area contributed by atoms with E-state index in [2.05, 4.69) is 10.5 Å². The lowest BCUT2D eigenvalue weighted by atomic mass is 10.1. The molecule has 0 aliphatic heterocycles. The third kappa shape index (κ3) is 5.39. The molecule has 8 nitrogen and oxygen atoms in total. The Morgan fingerprint density at radius 3 is 2.35 bits per heavy atom. The van der Waals surface area contributed by atoms with Crippen molar-refractivity contribution in [2.24, 2.45) is 5.10 Å². The summed E-state index contributed by atoms with van der Waals surface area (Å²) in [5.41, 5.74) is 5.49. The molecule has 0 aliphatic carbocycles. The zero-order chi connectivity index (χ0) is 18.9. The second-order valence-corrected chi connectivity index (χ2v) is 5.06. The molecule has 0 atom stereocenters. The van der Waals surface area contributed by atoms with Crippen LogP contribution in [-0.4, -0.2) is 34.3 Å². The summed E-state index contributed by atoms with van der Waals surface area (Å²) >= 11 is 0. The number of nitrogens with zero attached hydrogens (tertiary/aromatic N) is 1. The first-order valence-electron chi connectivity index (χ1n) is 7.38. The molecule has 8 heteroatoms. The van der Waals surface area contributed by atoms with Crippen LogP contribution in [0.25, 0.3) is 6.08 Å². The molecule has 0 fully saturated rings. The first-order valence-corrected chi connectivity index (χ1v) is 7.38. The standard InChI is InChI=1S/C18H15N3O5/c22-16(21-26)9-6-12-4-7-14(8-5-12)17(23)20-19-11-13-2-1-3-15(10-13)18(24)25/h1-11,26H,(H,20,23)(H,21,22)(H,24,25)/b9-6+,19-11+. The summed E-state index contributed by atoms with van der Waals surface area (Å²) in [6, 6.07) is 12.5. The van der Waals surface area contributed by atoms with E-state index in [0.717, 1.165) is 6.08 Å². The van der Waals surface area contributed by atoms with E-state index in [-0.39, 0.29) is 5.56 Å². The van der Waals surface area contributed by atoms with Gasteiger partial charge in [-0.15, -0.1) is 0 Å². The maximum Gasteiger partial charge on any atom is 0.335 e. The lowest BCUT2D eigenvalue weighted by Gasteiger charge is -2.01. The zero-order valence-electron chi connectivity index (χ0n) is 13.4. The Morgan fingerprint density at radius 2 is 1.69 bits per heavy atom. The van der Waals surface area contributed by atoms with E-state index in [0.29, 0.717) is 16.7 Å². The zero-order valence-corrected chi connectivity index (χ0v) is 13.4. The fraction of sp³-hybridized carbons (Fsp3) is 0. The van der Waals surface area contributed by atoms with Crippen LogP contribution in [0.5, 0.6) is 0 Å². The number of rotatable bonds is 6. The summed E-state index contributed by atoms with van der Waals surface area (Å²) in [4.78, 5) is 33.8. The average Bonchev–Trinajstić information content (AvgIpc) is 2.66. The Balaban J connectivity index is 1.97. The summed E-state index contributed by atoms with van der Waals surface area (Å²) in [5.74, 6) is -2.15. The molecule has 2 rings (SSSR count). The average molecular weight is 353 g/mol. The van der Waals surface area contributed by atoms with Gasteiger partial charge in [-0.1, -0.05) is 24.3 Å². The predicted molar refractivity (Wildman–Crippen MR) is 93.9 cm³/mol. The number of hydrogen-bond acceptors (Lipinski definition) is 5. The molecule has 2 aromatic carbocycles. The van der Waals surface area contributed by atoms with E-state index in [1.165, 1.54) is 29.9 Å².